The van der Waals surface area contributed by atoms with Crippen LogP contribution in [0.3, 0.4) is 0 Å². The molecule has 146 valence electrons. The molecule has 0 aromatic heterocycles. The number of esters is 1. The van der Waals surface area contributed by atoms with Gasteiger partial charge >= 0.3 is 5.97 Å². The van der Waals surface area contributed by atoms with E-state index in [0.717, 1.165) is 0 Å². The van der Waals surface area contributed by atoms with Crippen LogP contribution in [0.4, 0.5) is 0 Å². The van der Waals surface area contributed by atoms with Gasteiger partial charge in [-0.05, 0) is 39.0 Å². The van der Waals surface area contributed by atoms with Crippen molar-refractivity contribution in [1.29, 1.82) is 0 Å². The first-order valence-corrected chi connectivity index (χ1v) is 11.4. The maximum absolute atomic E-state index is 12.4. The first-order valence-electron chi connectivity index (χ1n) is 8.75. The summed E-state index contributed by atoms with van der Waals surface area (Å²) >= 11 is 3.16. The molecule has 1 N–H and O–H groups in total. The van der Waals surface area contributed by atoms with Crippen LogP contribution in [0.5, 0.6) is 0 Å². The van der Waals surface area contributed by atoms with Gasteiger partial charge in [-0.15, -0.1) is 0 Å². The third kappa shape index (κ3) is 6.86. The van der Waals surface area contributed by atoms with E-state index in [-0.39, 0.29) is 30.2 Å². The summed E-state index contributed by atoms with van der Waals surface area (Å²) in [6.45, 7) is 6.59. The van der Waals surface area contributed by atoms with Gasteiger partial charge in [-0.2, -0.15) is 0 Å². The van der Waals surface area contributed by atoms with E-state index in [2.05, 4.69) is 20.7 Å². The monoisotopic (exact) mass is 440 g/mol. The predicted molar refractivity (Wildman–Crippen MR) is 99.9 cm³/mol. The Morgan fingerprint density at radius 2 is 1.88 bits per heavy atom. The van der Waals surface area contributed by atoms with Crippen molar-refractivity contribution in [2.45, 2.75) is 57.7 Å². The first kappa shape index (κ1) is 22.4. The molecule has 7 nitrogen and oxygen atoms in total. The van der Waals surface area contributed by atoms with Crippen molar-refractivity contribution >= 4 is 37.8 Å². The number of piperidine rings is 1. The van der Waals surface area contributed by atoms with Crippen LogP contribution in [-0.2, 0) is 24.3 Å². The minimum absolute atomic E-state index is 0.00242. The number of nitrogens with zero attached hydrogens (tertiary/aromatic N) is 1. The van der Waals surface area contributed by atoms with Crippen LogP contribution in [-0.4, -0.2) is 61.5 Å². The number of ether oxygens (including phenoxy) is 1. The van der Waals surface area contributed by atoms with Gasteiger partial charge in [-0.3, -0.25) is 9.59 Å². The van der Waals surface area contributed by atoms with Gasteiger partial charge in [-0.25, -0.2) is 13.1 Å². The van der Waals surface area contributed by atoms with Gasteiger partial charge in [0.05, 0.1) is 23.6 Å². The predicted octanol–water partition coefficient (Wildman–Crippen LogP) is 1.66. The molecular formula is C16H29BrN2O5S. The number of nitrogens with one attached hydrogen (secondary N) is 1. The fourth-order valence-electron chi connectivity index (χ4n) is 2.89. The smallest absolute Gasteiger partial charge is 0.307 e. The molecule has 9 heteroatoms. The molecule has 0 aromatic carbocycles. The van der Waals surface area contributed by atoms with Crippen molar-refractivity contribution < 1.29 is 22.7 Å². The molecular weight excluding hydrogens is 412 g/mol. The fraction of sp³-hybridized carbons (Fsp3) is 0.875. The first-order chi connectivity index (χ1) is 11.7. The number of carbonyl (C=O) groups excluding carboxylic acids is 2. The van der Waals surface area contributed by atoms with Gasteiger partial charge in [0.1, 0.15) is 0 Å². The summed E-state index contributed by atoms with van der Waals surface area (Å²) in [6, 6.07) is -0.501. The highest BCUT2D eigenvalue weighted by atomic mass is 79.9. The Morgan fingerprint density at radius 1 is 1.28 bits per heavy atom. The number of carbonyl (C=O) groups is 2. The molecule has 0 radical (unpaired) electrons. The van der Waals surface area contributed by atoms with Crippen molar-refractivity contribution in [2.24, 2.45) is 5.92 Å². The zero-order valence-corrected chi connectivity index (χ0v) is 17.6. The summed E-state index contributed by atoms with van der Waals surface area (Å²) in [6.07, 6.45) is 1.83. The lowest BCUT2D eigenvalue weighted by Crippen LogP contribution is -2.49. The third-order valence-corrected chi connectivity index (χ3v) is 7.19. The van der Waals surface area contributed by atoms with Crippen molar-refractivity contribution in [3.63, 3.8) is 0 Å². The quantitative estimate of drug-likeness (QED) is 0.434. The van der Waals surface area contributed by atoms with E-state index in [9.17, 15) is 18.0 Å². The van der Waals surface area contributed by atoms with E-state index in [1.165, 1.54) is 0 Å². The number of hydrogen-bond donors (Lipinski definition) is 1. The molecule has 1 heterocycles. The zero-order chi connectivity index (χ0) is 19.0. The van der Waals surface area contributed by atoms with E-state index in [1.807, 2.05) is 6.92 Å². The van der Waals surface area contributed by atoms with E-state index in [1.54, 1.807) is 18.7 Å². The van der Waals surface area contributed by atoms with Gasteiger partial charge in [0.15, 0.2) is 0 Å². The van der Waals surface area contributed by atoms with Crippen LogP contribution in [0.15, 0.2) is 0 Å². The number of sulfonamides is 1. The van der Waals surface area contributed by atoms with Crippen LogP contribution in [0.25, 0.3) is 0 Å². The molecule has 1 amide bonds. The number of likely N-dealkylation sites (tertiary alicyclic amines) is 1. The van der Waals surface area contributed by atoms with Crippen molar-refractivity contribution in [3.05, 3.63) is 0 Å². The number of halogens is 1. The normalized spacial score (nSPS) is 18.6. The molecule has 0 aromatic rings. The second kappa shape index (κ2) is 10.5. The Kier molecular flexibility index (Phi) is 9.37. The Bertz CT molecular complexity index is 547. The zero-order valence-electron chi connectivity index (χ0n) is 15.2. The standard InChI is InChI=1S/C16H29BrN2O5S/c1-4-12(3)25(22,23)18-14(10-16(21)24-5-2)13-6-8-19(9-7-13)15(20)11-17/h12-14,18H,4-11H2,1-3H3. The van der Waals surface area contributed by atoms with Gasteiger partial charge in [0.25, 0.3) is 0 Å². The summed E-state index contributed by atoms with van der Waals surface area (Å²) in [4.78, 5) is 25.4. The molecule has 0 saturated carbocycles. The molecule has 1 aliphatic heterocycles. The molecule has 1 rings (SSSR count). The second-order valence-corrected chi connectivity index (χ2v) is 9.04. The largest absolute Gasteiger partial charge is 0.466 e. The fourth-order valence-corrected chi connectivity index (χ4v) is 4.61. The van der Waals surface area contributed by atoms with Crippen LogP contribution < -0.4 is 4.72 Å². The van der Waals surface area contributed by atoms with Crippen LogP contribution >= 0.6 is 15.9 Å². The molecule has 2 atom stereocenters. The molecule has 1 fully saturated rings. The number of hydrogen-bond acceptors (Lipinski definition) is 5. The highest BCUT2D eigenvalue weighted by Crippen LogP contribution is 2.24. The van der Waals surface area contributed by atoms with Gasteiger partial charge in [0.2, 0.25) is 15.9 Å². The Hall–Kier alpha value is -0.670. The summed E-state index contributed by atoms with van der Waals surface area (Å²) in [5, 5.41) is -0.239. The number of amides is 1. The Morgan fingerprint density at radius 3 is 2.36 bits per heavy atom. The molecule has 1 aliphatic rings. The van der Waals surface area contributed by atoms with Gasteiger partial charge in [0, 0.05) is 19.1 Å². The highest BCUT2D eigenvalue weighted by molar-refractivity contribution is 9.09. The Labute approximate surface area is 159 Å². The average molecular weight is 441 g/mol. The summed E-state index contributed by atoms with van der Waals surface area (Å²) in [5.74, 6) is -0.374. The molecule has 1 saturated heterocycles. The molecule has 25 heavy (non-hydrogen) atoms. The SMILES string of the molecule is CCOC(=O)CC(NS(=O)(=O)C(C)CC)C1CCN(C(=O)CBr)CC1. The lowest BCUT2D eigenvalue weighted by atomic mass is 9.88. The van der Waals surface area contributed by atoms with Crippen molar-refractivity contribution in [1.82, 2.24) is 9.62 Å². The summed E-state index contributed by atoms with van der Waals surface area (Å²) in [7, 11) is -3.50. The van der Waals surface area contributed by atoms with Gasteiger partial charge in [-0.1, -0.05) is 22.9 Å². The lowest BCUT2D eigenvalue weighted by molar-refractivity contribution is -0.144. The van der Waals surface area contributed by atoms with E-state index < -0.39 is 27.3 Å². The van der Waals surface area contributed by atoms with E-state index >= 15 is 0 Å². The van der Waals surface area contributed by atoms with Crippen molar-refractivity contribution in [2.75, 3.05) is 25.0 Å². The van der Waals surface area contributed by atoms with E-state index in [4.69, 9.17) is 4.74 Å². The lowest BCUT2D eigenvalue weighted by Gasteiger charge is -2.36. The Balaban J connectivity index is 2.82. The number of alkyl halides is 1. The average Bonchev–Trinajstić information content (AvgIpc) is 2.59. The van der Waals surface area contributed by atoms with Crippen molar-refractivity contribution in [3.8, 4) is 0 Å². The topological polar surface area (TPSA) is 92.8 Å². The highest BCUT2D eigenvalue weighted by Gasteiger charge is 2.33. The molecule has 0 bridgehead atoms. The van der Waals surface area contributed by atoms with Gasteiger partial charge < -0.3 is 9.64 Å². The second-order valence-electron chi connectivity index (χ2n) is 6.35. The molecule has 2 unspecified atom stereocenters. The third-order valence-electron chi connectivity index (χ3n) is 4.69. The molecule has 0 aliphatic carbocycles. The van der Waals surface area contributed by atoms with Crippen LogP contribution in [0.2, 0.25) is 0 Å². The summed E-state index contributed by atoms with van der Waals surface area (Å²) in [5.41, 5.74) is 0. The maximum atomic E-state index is 12.4. The minimum Gasteiger partial charge on any atom is -0.466 e. The van der Waals surface area contributed by atoms with E-state index in [0.29, 0.717) is 32.4 Å². The maximum Gasteiger partial charge on any atom is 0.307 e. The molecule has 0 spiro atoms. The van der Waals surface area contributed by atoms with Crippen LogP contribution in [0.1, 0.15) is 46.5 Å². The minimum atomic E-state index is -3.50. The van der Waals surface area contributed by atoms with Crippen LogP contribution in [0, 0.1) is 5.92 Å². The number of rotatable bonds is 9. The summed E-state index contributed by atoms with van der Waals surface area (Å²) < 4.78 is 32.6.